The number of pyridine rings is 1. The van der Waals surface area contributed by atoms with E-state index in [-0.39, 0.29) is 5.78 Å². The molecule has 4 nitrogen and oxygen atoms in total. The van der Waals surface area contributed by atoms with Crippen molar-refractivity contribution < 1.29 is 14.3 Å². The van der Waals surface area contributed by atoms with Gasteiger partial charge in [-0.05, 0) is 60.1 Å². The van der Waals surface area contributed by atoms with Crippen LogP contribution in [0.4, 0.5) is 0 Å². The van der Waals surface area contributed by atoms with E-state index in [1.807, 2.05) is 13.8 Å². The molecule has 0 N–H and O–H groups in total. The van der Waals surface area contributed by atoms with Gasteiger partial charge in [0.2, 0.25) is 5.78 Å². The molecule has 110 valence electrons. The van der Waals surface area contributed by atoms with Crippen LogP contribution in [0.1, 0.15) is 29.9 Å². The van der Waals surface area contributed by atoms with Gasteiger partial charge in [0.15, 0.2) is 11.5 Å². The lowest BCUT2D eigenvalue weighted by Crippen LogP contribution is -2.06. The standard InChI is InChI=1S/C16H16BrNO3/c1-3-20-13-8-7-11(10-14(13)21-4-2)16(19)15-12(17)6-5-9-18-15/h5-10H,3-4H2,1-2H3. The second-order valence-corrected chi connectivity index (χ2v) is 5.04. The molecular weight excluding hydrogens is 334 g/mol. The fourth-order valence-corrected chi connectivity index (χ4v) is 2.32. The monoisotopic (exact) mass is 349 g/mol. The summed E-state index contributed by atoms with van der Waals surface area (Å²) in [5.41, 5.74) is 0.894. The van der Waals surface area contributed by atoms with Gasteiger partial charge in [-0.15, -0.1) is 0 Å². The van der Waals surface area contributed by atoms with Crippen molar-refractivity contribution in [2.24, 2.45) is 0 Å². The molecule has 21 heavy (non-hydrogen) atoms. The zero-order valence-electron chi connectivity index (χ0n) is 11.9. The minimum Gasteiger partial charge on any atom is -0.490 e. The van der Waals surface area contributed by atoms with E-state index in [4.69, 9.17) is 9.47 Å². The normalized spacial score (nSPS) is 10.2. The third kappa shape index (κ3) is 3.61. The quantitative estimate of drug-likeness (QED) is 0.742. The van der Waals surface area contributed by atoms with E-state index in [9.17, 15) is 4.79 Å². The fourth-order valence-electron chi connectivity index (χ4n) is 1.88. The van der Waals surface area contributed by atoms with Gasteiger partial charge in [0.25, 0.3) is 0 Å². The van der Waals surface area contributed by atoms with Crippen LogP contribution in [0, 0.1) is 0 Å². The molecule has 0 atom stereocenters. The highest BCUT2D eigenvalue weighted by molar-refractivity contribution is 9.10. The molecule has 1 aromatic carbocycles. The lowest BCUT2D eigenvalue weighted by Gasteiger charge is -2.12. The molecule has 5 heteroatoms. The maximum absolute atomic E-state index is 12.5. The van der Waals surface area contributed by atoms with Gasteiger partial charge in [0.05, 0.1) is 13.2 Å². The minimum atomic E-state index is -0.161. The highest BCUT2D eigenvalue weighted by Crippen LogP contribution is 2.30. The summed E-state index contributed by atoms with van der Waals surface area (Å²) in [4.78, 5) is 16.6. The molecular formula is C16H16BrNO3. The Kier molecular flexibility index (Phi) is 5.33. The van der Waals surface area contributed by atoms with E-state index in [0.717, 1.165) is 0 Å². The van der Waals surface area contributed by atoms with E-state index in [1.54, 1.807) is 36.5 Å². The van der Waals surface area contributed by atoms with Gasteiger partial charge in [-0.25, -0.2) is 0 Å². The van der Waals surface area contributed by atoms with Gasteiger partial charge >= 0.3 is 0 Å². The molecule has 2 rings (SSSR count). The number of carbonyl (C=O) groups excluding carboxylic acids is 1. The Morgan fingerprint density at radius 1 is 1.14 bits per heavy atom. The van der Waals surface area contributed by atoms with Crippen molar-refractivity contribution in [3.63, 3.8) is 0 Å². The summed E-state index contributed by atoms with van der Waals surface area (Å²) in [5, 5.41) is 0. The number of ether oxygens (including phenoxy) is 2. The van der Waals surface area contributed by atoms with Gasteiger partial charge in [0, 0.05) is 16.2 Å². The Balaban J connectivity index is 2.38. The van der Waals surface area contributed by atoms with Crippen LogP contribution in [-0.4, -0.2) is 24.0 Å². The molecule has 0 saturated heterocycles. The Hall–Kier alpha value is -1.88. The summed E-state index contributed by atoms with van der Waals surface area (Å²) in [7, 11) is 0. The highest BCUT2D eigenvalue weighted by Gasteiger charge is 2.16. The van der Waals surface area contributed by atoms with Crippen molar-refractivity contribution in [2.75, 3.05) is 13.2 Å². The van der Waals surface area contributed by atoms with Gasteiger partial charge in [-0.3, -0.25) is 9.78 Å². The zero-order chi connectivity index (χ0) is 15.2. The summed E-state index contributed by atoms with van der Waals surface area (Å²) in [5.74, 6) is 1.04. The van der Waals surface area contributed by atoms with Gasteiger partial charge in [-0.2, -0.15) is 0 Å². The van der Waals surface area contributed by atoms with Crippen molar-refractivity contribution in [3.8, 4) is 11.5 Å². The maximum atomic E-state index is 12.5. The number of ketones is 1. The number of benzene rings is 1. The molecule has 0 radical (unpaired) electrons. The van der Waals surface area contributed by atoms with E-state index in [0.29, 0.717) is 40.4 Å². The first-order valence-electron chi connectivity index (χ1n) is 6.72. The van der Waals surface area contributed by atoms with E-state index < -0.39 is 0 Å². The number of aromatic nitrogens is 1. The van der Waals surface area contributed by atoms with Crippen LogP contribution in [0.25, 0.3) is 0 Å². The summed E-state index contributed by atoms with van der Waals surface area (Å²) in [6, 6.07) is 8.72. The van der Waals surface area contributed by atoms with Crippen LogP contribution in [0.15, 0.2) is 41.0 Å². The van der Waals surface area contributed by atoms with Crippen LogP contribution in [0.2, 0.25) is 0 Å². The molecule has 1 heterocycles. The third-order valence-electron chi connectivity index (χ3n) is 2.78. The second-order valence-electron chi connectivity index (χ2n) is 4.19. The van der Waals surface area contributed by atoms with Crippen molar-refractivity contribution in [1.82, 2.24) is 4.98 Å². The lowest BCUT2D eigenvalue weighted by molar-refractivity contribution is 0.103. The Bertz CT molecular complexity index is 643. The zero-order valence-corrected chi connectivity index (χ0v) is 13.5. The molecule has 0 unspecified atom stereocenters. The highest BCUT2D eigenvalue weighted by atomic mass is 79.9. The van der Waals surface area contributed by atoms with E-state index in [1.165, 1.54) is 0 Å². The largest absolute Gasteiger partial charge is 0.490 e. The smallest absolute Gasteiger partial charge is 0.212 e. The molecule has 0 bridgehead atoms. The topological polar surface area (TPSA) is 48.4 Å². The molecule has 0 amide bonds. The van der Waals surface area contributed by atoms with Crippen LogP contribution in [0.3, 0.4) is 0 Å². The number of carbonyl (C=O) groups is 1. The molecule has 0 spiro atoms. The number of halogens is 1. The lowest BCUT2D eigenvalue weighted by atomic mass is 10.1. The summed E-state index contributed by atoms with van der Waals surface area (Å²) in [6.07, 6.45) is 1.59. The number of hydrogen-bond acceptors (Lipinski definition) is 4. The molecule has 0 fully saturated rings. The number of hydrogen-bond donors (Lipinski definition) is 0. The van der Waals surface area contributed by atoms with Crippen LogP contribution >= 0.6 is 15.9 Å². The molecule has 0 aliphatic heterocycles. The van der Waals surface area contributed by atoms with Crippen molar-refractivity contribution in [1.29, 1.82) is 0 Å². The van der Waals surface area contributed by atoms with Crippen molar-refractivity contribution in [3.05, 3.63) is 52.3 Å². The second kappa shape index (κ2) is 7.22. The SMILES string of the molecule is CCOc1ccc(C(=O)c2ncccc2Br)cc1OCC. The van der Waals surface area contributed by atoms with Crippen LogP contribution < -0.4 is 9.47 Å². The van der Waals surface area contributed by atoms with Gasteiger partial charge < -0.3 is 9.47 Å². The Labute approximate surface area is 132 Å². The first-order chi connectivity index (χ1) is 10.2. The predicted molar refractivity (Wildman–Crippen MR) is 84.1 cm³/mol. The minimum absolute atomic E-state index is 0.161. The van der Waals surface area contributed by atoms with Crippen LogP contribution in [0.5, 0.6) is 11.5 Å². The molecule has 2 aromatic rings. The van der Waals surface area contributed by atoms with Gasteiger partial charge in [0.1, 0.15) is 5.69 Å². The Morgan fingerprint density at radius 3 is 2.52 bits per heavy atom. The van der Waals surface area contributed by atoms with E-state index >= 15 is 0 Å². The Morgan fingerprint density at radius 2 is 1.86 bits per heavy atom. The van der Waals surface area contributed by atoms with Crippen LogP contribution in [-0.2, 0) is 0 Å². The predicted octanol–water partition coefficient (Wildman–Crippen LogP) is 3.87. The molecule has 0 aliphatic rings. The maximum Gasteiger partial charge on any atom is 0.212 e. The first-order valence-corrected chi connectivity index (χ1v) is 7.51. The number of rotatable bonds is 6. The molecule has 1 aromatic heterocycles. The summed E-state index contributed by atoms with van der Waals surface area (Å²) >= 11 is 3.34. The fraction of sp³-hybridized carbons (Fsp3) is 0.250. The van der Waals surface area contributed by atoms with Crippen molar-refractivity contribution in [2.45, 2.75) is 13.8 Å². The summed E-state index contributed by atoms with van der Waals surface area (Å²) < 4.78 is 11.7. The first kappa shape index (κ1) is 15.5. The average molecular weight is 350 g/mol. The molecule has 0 aliphatic carbocycles. The summed E-state index contributed by atoms with van der Waals surface area (Å²) in [6.45, 7) is 4.84. The molecule has 0 saturated carbocycles. The van der Waals surface area contributed by atoms with E-state index in [2.05, 4.69) is 20.9 Å². The van der Waals surface area contributed by atoms with Gasteiger partial charge in [-0.1, -0.05) is 0 Å². The average Bonchev–Trinajstić information content (AvgIpc) is 2.49. The van der Waals surface area contributed by atoms with Crippen molar-refractivity contribution >= 4 is 21.7 Å². The third-order valence-corrected chi connectivity index (χ3v) is 3.42. The number of nitrogens with zero attached hydrogens (tertiary/aromatic N) is 1.